The van der Waals surface area contributed by atoms with Crippen LogP contribution < -0.4 is 10.2 Å². The molecule has 0 fully saturated rings. The molecule has 0 aliphatic rings. The summed E-state index contributed by atoms with van der Waals surface area (Å²) >= 11 is 0. The number of hydrogen-bond acceptors (Lipinski definition) is 6. The Kier molecular flexibility index (Phi) is 5.11. The van der Waals surface area contributed by atoms with Crippen molar-refractivity contribution in [3.05, 3.63) is 84.1 Å². The Hall–Kier alpha value is -3.87. The fraction of sp³-hybridized carbons (Fsp3) is 0.136. The zero-order valence-electron chi connectivity index (χ0n) is 16.2. The first-order chi connectivity index (χ1) is 14.1. The van der Waals surface area contributed by atoms with Crippen LogP contribution in [0.5, 0.6) is 0 Å². The zero-order chi connectivity index (χ0) is 20.2. The maximum Gasteiger partial charge on any atom is 0.281 e. The summed E-state index contributed by atoms with van der Waals surface area (Å²) in [6, 6.07) is 20.8. The van der Waals surface area contributed by atoms with Gasteiger partial charge >= 0.3 is 0 Å². The van der Waals surface area contributed by atoms with Crippen LogP contribution in [0.2, 0.25) is 0 Å². The molecule has 0 atom stereocenters. The highest BCUT2D eigenvalue weighted by Gasteiger charge is 2.20. The lowest BCUT2D eigenvalue weighted by molar-refractivity contribution is 0.0947. The lowest BCUT2D eigenvalue weighted by Gasteiger charge is -2.12. The molecule has 7 nitrogen and oxygen atoms in total. The van der Waals surface area contributed by atoms with Crippen molar-refractivity contribution in [1.29, 1.82) is 0 Å². The van der Waals surface area contributed by atoms with Gasteiger partial charge in [0.2, 0.25) is 11.8 Å². The minimum atomic E-state index is -0.267. The van der Waals surface area contributed by atoms with Gasteiger partial charge in [0.15, 0.2) is 5.76 Å². The number of hydrogen-bond donors (Lipinski definition) is 1. The summed E-state index contributed by atoms with van der Waals surface area (Å²) in [5.41, 5.74) is 2.61. The molecule has 0 radical (unpaired) electrons. The van der Waals surface area contributed by atoms with Crippen molar-refractivity contribution in [3.63, 3.8) is 0 Å². The molecule has 146 valence electrons. The van der Waals surface area contributed by atoms with Gasteiger partial charge in [-0.25, -0.2) is 0 Å². The minimum absolute atomic E-state index is 0.267. The Bertz CT molecular complexity index is 1080. The molecular weight excluding hydrogens is 366 g/mol. The van der Waals surface area contributed by atoms with Gasteiger partial charge in [0.1, 0.15) is 0 Å². The van der Waals surface area contributed by atoms with E-state index in [9.17, 15) is 4.79 Å². The molecule has 0 saturated carbocycles. The quantitative estimate of drug-likeness (QED) is 0.541. The summed E-state index contributed by atoms with van der Waals surface area (Å²) in [6.07, 6.45) is 1.55. The second kappa shape index (κ2) is 8.02. The highest BCUT2D eigenvalue weighted by Crippen LogP contribution is 2.21. The van der Waals surface area contributed by atoms with E-state index in [-0.39, 0.29) is 5.91 Å². The third kappa shape index (κ3) is 4.03. The van der Waals surface area contributed by atoms with Gasteiger partial charge in [-0.05, 0) is 42.0 Å². The number of rotatable bonds is 6. The molecule has 2 aromatic carbocycles. The van der Waals surface area contributed by atoms with Gasteiger partial charge in [-0.1, -0.05) is 30.3 Å². The normalized spacial score (nSPS) is 10.7. The van der Waals surface area contributed by atoms with Gasteiger partial charge in [0, 0.05) is 31.9 Å². The van der Waals surface area contributed by atoms with Crippen LogP contribution in [0.15, 0.2) is 77.4 Å². The third-order valence-electron chi connectivity index (χ3n) is 4.47. The number of benzene rings is 2. The molecule has 4 aromatic rings. The average Bonchev–Trinajstić information content (AvgIpc) is 3.42. The van der Waals surface area contributed by atoms with Gasteiger partial charge in [-0.2, -0.15) is 9.67 Å². The molecule has 0 unspecified atom stereocenters. The largest absolute Gasteiger partial charge is 0.461 e. The average molecular weight is 387 g/mol. The molecule has 0 amide bonds. The molecular formula is C22H21N5O2. The van der Waals surface area contributed by atoms with E-state index in [1.54, 1.807) is 30.5 Å². The van der Waals surface area contributed by atoms with Crippen molar-refractivity contribution in [2.75, 3.05) is 24.3 Å². The zero-order valence-corrected chi connectivity index (χ0v) is 16.2. The molecule has 29 heavy (non-hydrogen) atoms. The summed E-state index contributed by atoms with van der Waals surface area (Å²) in [7, 11) is 3.91. The molecule has 2 heterocycles. The Morgan fingerprint density at radius 1 is 1.03 bits per heavy atom. The Morgan fingerprint density at radius 3 is 2.45 bits per heavy atom. The van der Waals surface area contributed by atoms with E-state index in [0.717, 1.165) is 11.3 Å². The second-order valence-electron chi connectivity index (χ2n) is 6.73. The first kappa shape index (κ1) is 18.5. The smallest absolute Gasteiger partial charge is 0.281 e. The first-order valence-electron chi connectivity index (χ1n) is 9.22. The van der Waals surface area contributed by atoms with Crippen LogP contribution in [-0.2, 0) is 6.54 Å². The van der Waals surface area contributed by atoms with E-state index < -0.39 is 0 Å². The lowest BCUT2D eigenvalue weighted by Crippen LogP contribution is -2.18. The van der Waals surface area contributed by atoms with Crippen molar-refractivity contribution in [3.8, 4) is 11.6 Å². The number of carbonyl (C=O) groups excluding carboxylic acids is 1. The first-order valence-corrected chi connectivity index (χ1v) is 9.22. The highest BCUT2D eigenvalue weighted by molar-refractivity contribution is 5.97. The number of furan rings is 1. The molecule has 2 aromatic heterocycles. The number of nitrogens with zero attached hydrogens (tertiary/aromatic N) is 4. The molecule has 0 saturated heterocycles. The van der Waals surface area contributed by atoms with E-state index in [0.29, 0.717) is 29.6 Å². The van der Waals surface area contributed by atoms with Gasteiger partial charge in [0.25, 0.3) is 5.91 Å². The van der Waals surface area contributed by atoms with Crippen molar-refractivity contribution < 1.29 is 9.21 Å². The number of anilines is 2. The summed E-state index contributed by atoms with van der Waals surface area (Å²) in [4.78, 5) is 19.6. The van der Waals surface area contributed by atoms with E-state index >= 15 is 0 Å². The number of nitrogens with one attached hydrogen (secondary N) is 1. The minimum Gasteiger partial charge on any atom is -0.461 e. The second-order valence-corrected chi connectivity index (χ2v) is 6.73. The molecule has 7 heteroatoms. The van der Waals surface area contributed by atoms with Crippen LogP contribution in [0.3, 0.4) is 0 Å². The molecule has 0 spiro atoms. The predicted molar refractivity (Wildman–Crippen MR) is 112 cm³/mol. The SMILES string of the molecule is CN(C)c1ccc(C(=O)n2nc(-c3ccco3)nc2NCc2ccccc2)cc1. The summed E-state index contributed by atoms with van der Waals surface area (Å²) in [6.45, 7) is 0.518. The Morgan fingerprint density at radius 2 is 1.79 bits per heavy atom. The van der Waals surface area contributed by atoms with Crippen LogP contribution in [0.4, 0.5) is 11.6 Å². The van der Waals surface area contributed by atoms with Crippen molar-refractivity contribution in [1.82, 2.24) is 14.8 Å². The van der Waals surface area contributed by atoms with E-state index in [4.69, 9.17) is 4.42 Å². The molecule has 0 aliphatic carbocycles. The fourth-order valence-electron chi connectivity index (χ4n) is 2.88. The van der Waals surface area contributed by atoms with E-state index in [2.05, 4.69) is 15.4 Å². The predicted octanol–water partition coefficient (Wildman–Crippen LogP) is 3.90. The van der Waals surface area contributed by atoms with Crippen LogP contribution >= 0.6 is 0 Å². The van der Waals surface area contributed by atoms with Gasteiger partial charge < -0.3 is 14.6 Å². The lowest BCUT2D eigenvalue weighted by atomic mass is 10.2. The summed E-state index contributed by atoms with van der Waals surface area (Å²) in [5, 5.41) is 7.60. The topological polar surface area (TPSA) is 76.2 Å². The molecule has 1 N–H and O–H groups in total. The Labute approximate surface area is 168 Å². The van der Waals surface area contributed by atoms with Gasteiger partial charge in [-0.15, -0.1) is 5.10 Å². The maximum atomic E-state index is 13.1. The van der Waals surface area contributed by atoms with Crippen molar-refractivity contribution in [2.45, 2.75) is 6.54 Å². The van der Waals surface area contributed by atoms with Gasteiger partial charge in [0.05, 0.1) is 6.26 Å². The van der Waals surface area contributed by atoms with E-state index in [1.165, 1.54) is 4.68 Å². The fourth-order valence-corrected chi connectivity index (χ4v) is 2.88. The van der Waals surface area contributed by atoms with Crippen LogP contribution in [0.1, 0.15) is 15.9 Å². The molecule has 4 rings (SSSR count). The summed E-state index contributed by atoms with van der Waals surface area (Å²) in [5.74, 6) is 0.948. The Balaban J connectivity index is 1.65. The molecule has 0 bridgehead atoms. The standard InChI is InChI=1S/C22H21N5O2/c1-26(2)18-12-10-17(11-13-18)21(28)27-22(23-15-16-7-4-3-5-8-16)24-20(25-27)19-9-6-14-29-19/h3-14H,15H2,1-2H3,(H,23,24,25). The van der Waals surface area contributed by atoms with Crippen LogP contribution in [0.25, 0.3) is 11.6 Å². The number of aromatic nitrogens is 3. The van der Waals surface area contributed by atoms with Crippen molar-refractivity contribution >= 4 is 17.5 Å². The monoisotopic (exact) mass is 387 g/mol. The van der Waals surface area contributed by atoms with Crippen LogP contribution in [0, 0.1) is 0 Å². The van der Waals surface area contributed by atoms with E-state index in [1.807, 2.05) is 61.5 Å². The summed E-state index contributed by atoms with van der Waals surface area (Å²) < 4.78 is 6.68. The third-order valence-corrected chi connectivity index (χ3v) is 4.47. The maximum absolute atomic E-state index is 13.1. The highest BCUT2D eigenvalue weighted by atomic mass is 16.3. The van der Waals surface area contributed by atoms with Crippen molar-refractivity contribution in [2.24, 2.45) is 0 Å². The van der Waals surface area contributed by atoms with Gasteiger partial charge in [-0.3, -0.25) is 4.79 Å². The molecule has 0 aliphatic heterocycles. The van der Waals surface area contributed by atoms with Crippen LogP contribution in [-0.4, -0.2) is 34.8 Å². The number of carbonyl (C=O) groups is 1.